The number of halogens is 2. The van der Waals surface area contributed by atoms with Gasteiger partial charge in [-0.2, -0.15) is 20.1 Å². The second kappa shape index (κ2) is 10.6. The van der Waals surface area contributed by atoms with Crippen molar-refractivity contribution in [2.75, 3.05) is 37.7 Å². The number of phenolic OH excluding ortho intramolecular Hbond substituents is 1. The molecule has 4 fully saturated rings. The van der Waals surface area contributed by atoms with E-state index in [4.69, 9.17) is 19.7 Å². The molecular formula is C31H35F2N9O2. The van der Waals surface area contributed by atoms with Gasteiger partial charge >= 0.3 is 6.01 Å². The molecule has 2 aromatic heterocycles. The van der Waals surface area contributed by atoms with Gasteiger partial charge in [-0.05, 0) is 73.2 Å². The number of anilines is 1. The SMILES string of the molecule is CCc1c(F)ccc2cc(O)cc(-c3n[nH]c(-c4nc(OC[C@@]56CCCN5CC(F)C6)nc(N5CC6CCC(C5)N6)n4)n3)c12. The molecule has 230 valence electrons. The van der Waals surface area contributed by atoms with E-state index in [1.54, 1.807) is 18.2 Å². The van der Waals surface area contributed by atoms with Crippen LogP contribution in [-0.4, -0.2) is 96.7 Å². The van der Waals surface area contributed by atoms with Crippen LogP contribution >= 0.6 is 0 Å². The highest BCUT2D eigenvalue weighted by molar-refractivity contribution is 5.99. The summed E-state index contributed by atoms with van der Waals surface area (Å²) in [5, 5.41) is 22.8. The third kappa shape index (κ3) is 4.73. The van der Waals surface area contributed by atoms with Crippen LogP contribution in [0.2, 0.25) is 0 Å². The Labute approximate surface area is 253 Å². The minimum Gasteiger partial charge on any atom is -0.508 e. The molecule has 3 N–H and O–H groups in total. The zero-order valence-electron chi connectivity index (χ0n) is 24.6. The number of benzene rings is 2. The maximum Gasteiger partial charge on any atom is 0.321 e. The molecule has 0 spiro atoms. The quantitative estimate of drug-likeness (QED) is 0.287. The molecule has 0 aliphatic carbocycles. The lowest BCUT2D eigenvalue weighted by atomic mass is 9.95. The van der Waals surface area contributed by atoms with E-state index in [0.29, 0.717) is 71.7 Å². The van der Waals surface area contributed by atoms with Crippen LogP contribution in [0.3, 0.4) is 0 Å². The number of aromatic nitrogens is 6. The molecule has 8 rings (SSSR count). The van der Waals surface area contributed by atoms with E-state index in [0.717, 1.165) is 45.3 Å². The van der Waals surface area contributed by atoms with Crippen molar-refractivity contribution >= 4 is 16.7 Å². The van der Waals surface area contributed by atoms with Crippen LogP contribution in [0.1, 0.15) is 44.6 Å². The summed E-state index contributed by atoms with van der Waals surface area (Å²) in [6.45, 7) is 5.03. The molecule has 0 saturated carbocycles. The summed E-state index contributed by atoms with van der Waals surface area (Å²) in [6.07, 6.45) is 4.16. The molecule has 0 amide bonds. The number of rotatable bonds is 7. The molecule has 4 saturated heterocycles. The number of aromatic amines is 1. The number of fused-ring (bicyclic) bond motifs is 4. The van der Waals surface area contributed by atoms with E-state index >= 15 is 0 Å². The highest BCUT2D eigenvalue weighted by Crippen LogP contribution is 2.40. The standard InChI is InChI=1S/C31H35F2N9O2/c1-2-22-24(33)7-4-17-10-21(43)11-23(25(17)22)26-35-28(40-39-26)27-36-29(41-14-19-5-6-20(15-41)34-19)38-30(37-27)44-16-31-8-3-9-42(31)13-18(32)12-31/h4,7,10-11,18-20,34,43H,2-3,5-6,8-9,12-16H2,1H3,(H,35,39,40)/t18?,19?,20?,31-/m0/s1. The predicted molar refractivity (Wildman–Crippen MR) is 160 cm³/mol. The van der Waals surface area contributed by atoms with Gasteiger partial charge in [0.1, 0.15) is 24.3 Å². The Balaban J connectivity index is 1.17. The van der Waals surface area contributed by atoms with Crippen LogP contribution < -0.4 is 15.0 Å². The molecule has 0 radical (unpaired) electrons. The van der Waals surface area contributed by atoms with Crippen molar-refractivity contribution in [3.8, 4) is 34.8 Å². The van der Waals surface area contributed by atoms with Crippen molar-refractivity contribution in [3.05, 3.63) is 35.6 Å². The van der Waals surface area contributed by atoms with Crippen LogP contribution in [0.15, 0.2) is 24.3 Å². The van der Waals surface area contributed by atoms with Crippen molar-refractivity contribution < 1.29 is 18.6 Å². The zero-order valence-corrected chi connectivity index (χ0v) is 24.6. The summed E-state index contributed by atoms with van der Waals surface area (Å²) < 4.78 is 35.5. The lowest BCUT2D eigenvalue weighted by Crippen LogP contribution is -2.51. The Morgan fingerprint density at radius 1 is 1.07 bits per heavy atom. The smallest absolute Gasteiger partial charge is 0.321 e. The Bertz CT molecular complexity index is 1720. The van der Waals surface area contributed by atoms with E-state index < -0.39 is 6.17 Å². The molecule has 2 aromatic carbocycles. The number of aryl methyl sites for hydroxylation is 1. The lowest BCUT2D eigenvalue weighted by molar-refractivity contribution is 0.107. The second-order valence-corrected chi connectivity index (χ2v) is 12.6. The van der Waals surface area contributed by atoms with Crippen molar-refractivity contribution in [2.45, 2.75) is 69.2 Å². The third-order valence-corrected chi connectivity index (χ3v) is 9.78. The maximum atomic E-state index is 14.8. The minimum atomic E-state index is -0.859. The number of piperazine rings is 1. The second-order valence-electron chi connectivity index (χ2n) is 12.6. The highest BCUT2D eigenvalue weighted by Gasteiger charge is 2.49. The van der Waals surface area contributed by atoms with Gasteiger partial charge in [0.15, 0.2) is 11.6 Å². The monoisotopic (exact) mass is 603 g/mol. The fourth-order valence-electron chi connectivity index (χ4n) is 7.77. The fourth-order valence-corrected chi connectivity index (χ4v) is 7.77. The van der Waals surface area contributed by atoms with E-state index in [9.17, 15) is 13.9 Å². The van der Waals surface area contributed by atoms with Crippen molar-refractivity contribution in [1.82, 2.24) is 40.3 Å². The molecule has 2 bridgehead atoms. The number of nitrogens with zero attached hydrogens (tertiary/aromatic N) is 7. The van der Waals surface area contributed by atoms with Gasteiger partial charge in [-0.3, -0.25) is 10.00 Å². The Kier molecular flexibility index (Phi) is 6.63. The first-order valence-corrected chi connectivity index (χ1v) is 15.5. The molecule has 11 nitrogen and oxygen atoms in total. The molecule has 4 aliphatic heterocycles. The topological polar surface area (TPSA) is 128 Å². The normalized spacial score (nSPS) is 26.5. The first-order chi connectivity index (χ1) is 21.4. The predicted octanol–water partition coefficient (Wildman–Crippen LogP) is 3.78. The first-order valence-electron chi connectivity index (χ1n) is 15.5. The van der Waals surface area contributed by atoms with E-state index in [2.05, 4.69) is 30.3 Å². The van der Waals surface area contributed by atoms with Gasteiger partial charge in [0.25, 0.3) is 0 Å². The summed E-state index contributed by atoms with van der Waals surface area (Å²) in [6, 6.07) is 7.10. The summed E-state index contributed by atoms with van der Waals surface area (Å²) in [4.78, 5) is 23.2. The fraction of sp³-hybridized carbons (Fsp3) is 0.516. The van der Waals surface area contributed by atoms with Gasteiger partial charge in [0, 0.05) is 43.7 Å². The minimum absolute atomic E-state index is 0.0294. The summed E-state index contributed by atoms with van der Waals surface area (Å²) in [7, 11) is 0. The number of hydrogen-bond acceptors (Lipinski definition) is 10. The largest absolute Gasteiger partial charge is 0.508 e. The molecule has 44 heavy (non-hydrogen) atoms. The van der Waals surface area contributed by atoms with Crippen LogP contribution in [0.5, 0.6) is 11.8 Å². The van der Waals surface area contributed by atoms with Crippen LogP contribution in [-0.2, 0) is 6.42 Å². The lowest BCUT2D eigenvalue weighted by Gasteiger charge is -2.33. The number of alkyl halides is 1. The molecule has 3 unspecified atom stereocenters. The average Bonchev–Trinajstić information content (AvgIpc) is 3.79. The van der Waals surface area contributed by atoms with E-state index in [1.165, 1.54) is 6.07 Å². The van der Waals surface area contributed by atoms with Gasteiger partial charge in [-0.1, -0.05) is 13.0 Å². The molecule has 4 aromatic rings. The summed E-state index contributed by atoms with van der Waals surface area (Å²) in [5.74, 6) is 1.04. The number of aromatic hydroxyl groups is 1. The third-order valence-electron chi connectivity index (χ3n) is 9.78. The highest BCUT2D eigenvalue weighted by atomic mass is 19.1. The maximum absolute atomic E-state index is 14.8. The van der Waals surface area contributed by atoms with E-state index in [-0.39, 0.29) is 34.8 Å². The van der Waals surface area contributed by atoms with Crippen molar-refractivity contribution in [3.63, 3.8) is 0 Å². The number of nitrogens with one attached hydrogen (secondary N) is 2. The summed E-state index contributed by atoms with van der Waals surface area (Å²) in [5.41, 5.74) is 0.687. The number of ether oxygens (including phenoxy) is 1. The zero-order chi connectivity index (χ0) is 30.0. The van der Waals surface area contributed by atoms with Gasteiger partial charge < -0.3 is 20.1 Å². The molecule has 6 heterocycles. The summed E-state index contributed by atoms with van der Waals surface area (Å²) >= 11 is 0. The van der Waals surface area contributed by atoms with Crippen LogP contribution in [0.4, 0.5) is 14.7 Å². The number of hydrogen-bond donors (Lipinski definition) is 3. The molecule has 4 aliphatic rings. The van der Waals surface area contributed by atoms with Crippen LogP contribution in [0.25, 0.3) is 33.8 Å². The van der Waals surface area contributed by atoms with Gasteiger partial charge in [-0.25, -0.2) is 13.8 Å². The van der Waals surface area contributed by atoms with Gasteiger partial charge in [0.05, 0.1) is 5.54 Å². The van der Waals surface area contributed by atoms with Gasteiger partial charge in [-0.15, -0.1) is 0 Å². The van der Waals surface area contributed by atoms with Crippen LogP contribution in [0, 0.1) is 5.82 Å². The Morgan fingerprint density at radius 2 is 1.91 bits per heavy atom. The molecular weight excluding hydrogens is 568 g/mol. The molecule has 4 atom stereocenters. The Hall–Kier alpha value is -3.97. The van der Waals surface area contributed by atoms with Gasteiger partial charge in [0.2, 0.25) is 11.8 Å². The molecule has 13 heteroatoms. The average molecular weight is 604 g/mol. The first kappa shape index (κ1) is 27.6. The van der Waals surface area contributed by atoms with Crippen molar-refractivity contribution in [1.29, 1.82) is 0 Å². The van der Waals surface area contributed by atoms with E-state index in [1.807, 2.05) is 6.92 Å². The Morgan fingerprint density at radius 3 is 2.73 bits per heavy atom. The van der Waals surface area contributed by atoms with Crippen molar-refractivity contribution in [2.24, 2.45) is 0 Å². The number of H-pyrrole nitrogens is 1. The number of phenols is 1.